The van der Waals surface area contributed by atoms with E-state index in [2.05, 4.69) is 27.4 Å². The number of rotatable bonds is 5. The van der Waals surface area contributed by atoms with Gasteiger partial charge in [0.2, 0.25) is 0 Å². The maximum atomic E-state index is 13.1. The molecule has 6 nitrogen and oxygen atoms in total. The number of thiazole rings is 1. The predicted octanol–water partition coefficient (Wildman–Crippen LogP) is 3.29. The van der Waals surface area contributed by atoms with Gasteiger partial charge in [-0.2, -0.15) is 0 Å². The summed E-state index contributed by atoms with van der Waals surface area (Å²) in [5.74, 6) is 0.891. The lowest BCUT2D eigenvalue weighted by molar-refractivity contribution is 0.0615. The molecular weight excluding hydrogens is 429 g/mol. The van der Waals surface area contributed by atoms with Crippen molar-refractivity contribution < 1.29 is 4.79 Å². The molecule has 1 saturated heterocycles. The van der Waals surface area contributed by atoms with Gasteiger partial charge in [0.05, 0.1) is 5.01 Å². The zero-order chi connectivity index (χ0) is 18.6. The van der Waals surface area contributed by atoms with Gasteiger partial charge >= 0.3 is 0 Å². The summed E-state index contributed by atoms with van der Waals surface area (Å²) in [6, 6.07) is 10.3. The third-order valence-corrected chi connectivity index (χ3v) is 5.81. The standard InChI is InChI=1S/C20H23N5OS.2ClH/c1-24-11-10-22-19(24)17-13-21-9-12-25(17)20(26)16-14-27-18(23-16)8-7-15-5-3-2-4-6-15;;/h2-6,10-11,14,17,21H,7-9,12-13H2,1H3;2*1H. The molecule has 0 radical (unpaired) electrons. The van der Waals surface area contributed by atoms with E-state index in [-0.39, 0.29) is 36.8 Å². The van der Waals surface area contributed by atoms with Crippen molar-refractivity contribution in [3.05, 3.63) is 70.2 Å². The van der Waals surface area contributed by atoms with E-state index in [4.69, 9.17) is 0 Å². The highest BCUT2D eigenvalue weighted by atomic mass is 35.5. The lowest BCUT2D eigenvalue weighted by atomic mass is 10.1. The molecule has 3 aromatic rings. The molecule has 1 fully saturated rings. The Labute approximate surface area is 187 Å². The normalized spacial score (nSPS) is 16.0. The Bertz CT molecular complexity index is 915. The first-order valence-corrected chi connectivity index (χ1v) is 10.1. The Kier molecular flexibility index (Phi) is 8.64. The van der Waals surface area contributed by atoms with E-state index in [1.165, 1.54) is 5.56 Å². The van der Waals surface area contributed by atoms with E-state index in [0.717, 1.165) is 30.2 Å². The first-order chi connectivity index (χ1) is 13.2. The second kappa shape index (κ2) is 10.7. The summed E-state index contributed by atoms with van der Waals surface area (Å²) in [7, 11) is 1.96. The van der Waals surface area contributed by atoms with Crippen molar-refractivity contribution >= 4 is 42.1 Å². The monoisotopic (exact) mass is 453 g/mol. The lowest BCUT2D eigenvalue weighted by Gasteiger charge is -2.35. The molecule has 1 aliphatic rings. The van der Waals surface area contributed by atoms with Crippen LogP contribution in [0.25, 0.3) is 0 Å². The fourth-order valence-electron chi connectivity index (χ4n) is 3.44. The summed E-state index contributed by atoms with van der Waals surface area (Å²) in [4.78, 5) is 24.1. The van der Waals surface area contributed by atoms with Crippen LogP contribution in [0.15, 0.2) is 48.1 Å². The third kappa shape index (κ3) is 5.36. The number of benzene rings is 1. The molecule has 29 heavy (non-hydrogen) atoms. The number of hydrogen-bond donors (Lipinski definition) is 1. The molecule has 1 aromatic carbocycles. The molecule has 0 saturated carbocycles. The molecule has 1 atom stereocenters. The summed E-state index contributed by atoms with van der Waals surface area (Å²) in [6.45, 7) is 2.16. The number of hydrogen-bond acceptors (Lipinski definition) is 5. The van der Waals surface area contributed by atoms with Gasteiger partial charge in [0.25, 0.3) is 5.91 Å². The number of carbonyl (C=O) groups is 1. The minimum absolute atomic E-state index is 0. The average molecular weight is 454 g/mol. The Morgan fingerprint density at radius 2 is 2.03 bits per heavy atom. The van der Waals surface area contributed by atoms with Crippen molar-refractivity contribution in [3.63, 3.8) is 0 Å². The first kappa shape index (κ1) is 23.3. The van der Waals surface area contributed by atoms with Crippen LogP contribution in [0.4, 0.5) is 0 Å². The van der Waals surface area contributed by atoms with Crippen LogP contribution >= 0.6 is 36.2 Å². The van der Waals surface area contributed by atoms with Gasteiger partial charge < -0.3 is 14.8 Å². The highest BCUT2D eigenvalue weighted by molar-refractivity contribution is 7.09. The van der Waals surface area contributed by atoms with Crippen LogP contribution in [-0.4, -0.2) is 45.0 Å². The number of piperazine rings is 1. The molecule has 0 aliphatic carbocycles. The van der Waals surface area contributed by atoms with E-state index >= 15 is 0 Å². The molecule has 9 heteroatoms. The van der Waals surface area contributed by atoms with Gasteiger partial charge in [0, 0.05) is 50.9 Å². The summed E-state index contributed by atoms with van der Waals surface area (Å²) in [6.07, 6.45) is 5.48. The first-order valence-electron chi connectivity index (χ1n) is 9.19. The molecule has 0 spiro atoms. The number of aromatic nitrogens is 3. The fourth-order valence-corrected chi connectivity index (χ4v) is 4.22. The second-order valence-corrected chi connectivity index (χ2v) is 7.67. The number of nitrogens with one attached hydrogen (secondary N) is 1. The van der Waals surface area contributed by atoms with E-state index in [1.54, 1.807) is 17.5 Å². The molecule has 2 aromatic heterocycles. The maximum absolute atomic E-state index is 13.1. The molecule has 1 amide bonds. The van der Waals surface area contributed by atoms with Gasteiger partial charge in [-0.1, -0.05) is 30.3 Å². The predicted molar refractivity (Wildman–Crippen MR) is 120 cm³/mol. The van der Waals surface area contributed by atoms with Crippen molar-refractivity contribution in [2.24, 2.45) is 7.05 Å². The van der Waals surface area contributed by atoms with Crippen LogP contribution in [0.2, 0.25) is 0 Å². The zero-order valence-corrected chi connectivity index (χ0v) is 18.6. The number of halogens is 2. The number of carbonyl (C=O) groups excluding carboxylic acids is 1. The summed E-state index contributed by atoms with van der Waals surface area (Å²) in [5.41, 5.74) is 1.83. The van der Waals surface area contributed by atoms with E-state index < -0.39 is 0 Å². The van der Waals surface area contributed by atoms with Crippen LogP contribution in [0.3, 0.4) is 0 Å². The van der Waals surface area contributed by atoms with Crippen molar-refractivity contribution in [2.75, 3.05) is 19.6 Å². The quantitative estimate of drug-likeness (QED) is 0.643. The summed E-state index contributed by atoms with van der Waals surface area (Å²) in [5, 5.41) is 6.26. The zero-order valence-electron chi connectivity index (χ0n) is 16.2. The molecule has 1 aliphatic heterocycles. The third-order valence-electron chi connectivity index (χ3n) is 4.90. The van der Waals surface area contributed by atoms with E-state index in [0.29, 0.717) is 18.8 Å². The number of imidazole rings is 1. The Morgan fingerprint density at radius 3 is 2.76 bits per heavy atom. The Hall–Kier alpha value is -1.93. The SMILES string of the molecule is Cl.Cl.Cn1ccnc1C1CNCCN1C(=O)c1csc(CCc2ccccc2)n1. The topological polar surface area (TPSA) is 63.1 Å². The molecule has 0 bridgehead atoms. The van der Waals surface area contributed by atoms with Crippen LogP contribution in [0.5, 0.6) is 0 Å². The average Bonchev–Trinajstić information content (AvgIpc) is 3.36. The summed E-state index contributed by atoms with van der Waals surface area (Å²) >= 11 is 1.57. The summed E-state index contributed by atoms with van der Waals surface area (Å²) < 4.78 is 1.98. The number of nitrogens with zero attached hydrogens (tertiary/aromatic N) is 4. The Balaban J connectivity index is 0.00000150. The number of aryl methyl sites for hydroxylation is 3. The van der Waals surface area contributed by atoms with Crippen LogP contribution in [0, 0.1) is 0 Å². The van der Waals surface area contributed by atoms with E-state index in [1.807, 2.05) is 46.3 Å². The molecule has 3 heterocycles. The van der Waals surface area contributed by atoms with Gasteiger partial charge in [-0.25, -0.2) is 9.97 Å². The Morgan fingerprint density at radius 1 is 1.24 bits per heavy atom. The number of amides is 1. The maximum Gasteiger partial charge on any atom is 0.274 e. The van der Waals surface area contributed by atoms with Gasteiger partial charge in [-0.05, 0) is 12.0 Å². The second-order valence-electron chi connectivity index (χ2n) is 6.73. The van der Waals surface area contributed by atoms with Crippen LogP contribution in [0.1, 0.15) is 32.9 Å². The minimum atomic E-state index is -0.0688. The highest BCUT2D eigenvalue weighted by Crippen LogP contribution is 2.23. The molecular formula is C20H25Cl2N5OS. The molecule has 4 rings (SSSR count). The minimum Gasteiger partial charge on any atom is -0.336 e. The van der Waals surface area contributed by atoms with E-state index in [9.17, 15) is 4.79 Å². The van der Waals surface area contributed by atoms with Crippen molar-refractivity contribution in [1.82, 2.24) is 24.8 Å². The van der Waals surface area contributed by atoms with Crippen LogP contribution in [-0.2, 0) is 19.9 Å². The van der Waals surface area contributed by atoms with Gasteiger partial charge in [-0.15, -0.1) is 36.2 Å². The smallest absolute Gasteiger partial charge is 0.274 e. The van der Waals surface area contributed by atoms with Crippen LogP contribution < -0.4 is 5.32 Å². The largest absolute Gasteiger partial charge is 0.336 e. The van der Waals surface area contributed by atoms with Gasteiger partial charge in [0.1, 0.15) is 17.6 Å². The van der Waals surface area contributed by atoms with Crippen molar-refractivity contribution in [2.45, 2.75) is 18.9 Å². The van der Waals surface area contributed by atoms with Crippen molar-refractivity contribution in [3.8, 4) is 0 Å². The van der Waals surface area contributed by atoms with Gasteiger partial charge in [-0.3, -0.25) is 4.79 Å². The fraction of sp³-hybridized carbons (Fsp3) is 0.350. The molecule has 1 unspecified atom stereocenters. The highest BCUT2D eigenvalue weighted by Gasteiger charge is 2.32. The lowest BCUT2D eigenvalue weighted by Crippen LogP contribution is -2.49. The molecule has 156 valence electrons. The van der Waals surface area contributed by atoms with Crippen molar-refractivity contribution in [1.29, 1.82) is 0 Å². The van der Waals surface area contributed by atoms with Gasteiger partial charge in [0.15, 0.2) is 0 Å². The molecule has 1 N–H and O–H groups in total.